The summed E-state index contributed by atoms with van der Waals surface area (Å²) in [4.78, 5) is 13.3. The summed E-state index contributed by atoms with van der Waals surface area (Å²) >= 11 is 4.74. The Kier molecular flexibility index (Phi) is 4.81. The molecule has 0 unspecified atom stereocenters. The molecule has 0 bridgehead atoms. The molecular weight excluding hydrogens is 172 g/mol. The molecule has 0 saturated carbocycles. The molecule has 2 N–H and O–H groups in total. The van der Waals surface area contributed by atoms with Gasteiger partial charge in [0.25, 0.3) is 0 Å². The minimum Gasteiger partial charge on any atom is -0.392 e. The zero-order valence-electron chi connectivity index (χ0n) is 7.83. The van der Waals surface area contributed by atoms with Crippen molar-refractivity contribution in [3.63, 3.8) is 0 Å². The summed E-state index contributed by atoms with van der Waals surface area (Å²) < 4.78 is 0. The second-order valence-corrected chi connectivity index (χ2v) is 3.46. The Morgan fingerprint density at radius 2 is 2.08 bits per heavy atom. The number of nitrogens with zero attached hydrogens (tertiary/aromatic N) is 1. The summed E-state index contributed by atoms with van der Waals surface area (Å²) in [5.41, 5.74) is 5.36. The Hall–Kier alpha value is -0.640. The molecule has 0 aromatic carbocycles. The number of hydrogen-bond acceptors (Lipinski definition) is 2. The quantitative estimate of drug-likeness (QED) is 0.667. The van der Waals surface area contributed by atoms with Crippen molar-refractivity contribution in [2.24, 2.45) is 5.73 Å². The second-order valence-electron chi connectivity index (χ2n) is 2.94. The molecule has 0 heterocycles. The minimum atomic E-state index is 0.0952. The van der Waals surface area contributed by atoms with Crippen LogP contribution in [0.25, 0.3) is 0 Å². The monoisotopic (exact) mass is 188 g/mol. The molecule has 0 radical (unpaired) electrons. The third-order valence-corrected chi connectivity index (χ3v) is 1.70. The minimum absolute atomic E-state index is 0.0952. The summed E-state index contributed by atoms with van der Waals surface area (Å²) in [5.74, 6) is 0.0952. The van der Waals surface area contributed by atoms with Gasteiger partial charge >= 0.3 is 0 Å². The lowest BCUT2D eigenvalue weighted by Crippen LogP contribution is -2.41. The predicted octanol–water partition coefficient (Wildman–Crippen LogP) is 0.920. The van der Waals surface area contributed by atoms with Crippen LogP contribution in [0.2, 0.25) is 0 Å². The fourth-order valence-electron chi connectivity index (χ4n) is 0.930. The van der Waals surface area contributed by atoms with Gasteiger partial charge in [-0.05, 0) is 13.8 Å². The van der Waals surface area contributed by atoms with E-state index in [1.54, 1.807) is 4.90 Å². The van der Waals surface area contributed by atoms with Gasteiger partial charge in [-0.3, -0.25) is 4.79 Å². The third-order valence-electron chi connectivity index (χ3n) is 1.57. The van der Waals surface area contributed by atoms with Crippen molar-refractivity contribution in [2.75, 3.05) is 6.54 Å². The largest absolute Gasteiger partial charge is 0.392 e. The molecule has 12 heavy (non-hydrogen) atoms. The summed E-state index contributed by atoms with van der Waals surface area (Å²) in [6.45, 7) is 6.12. The van der Waals surface area contributed by atoms with Gasteiger partial charge in [-0.2, -0.15) is 0 Å². The average Bonchev–Trinajstić information content (AvgIpc) is 1.98. The lowest BCUT2D eigenvalue weighted by molar-refractivity contribution is -0.131. The number of hydrogen-bond donors (Lipinski definition) is 1. The van der Waals surface area contributed by atoms with Crippen molar-refractivity contribution in [1.82, 2.24) is 4.90 Å². The van der Waals surface area contributed by atoms with Gasteiger partial charge in [0.2, 0.25) is 5.91 Å². The predicted molar refractivity (Wildman–Crippen MR) is 53.9 cm³/mol. The zero-order valence-corrected chi connectivity index (χ0v) is 8.65. The molecule has 0 atom stereocenters. The average molecular weight is 188 g/mol. The van der Waals surface area contributed by atoms with Crippen LogP contribution in [0.15, 0.2) is 0 Å². The van der Waals surface area contributed by atoms with Crippen molar-refractivity contribution in [3.8, 4) is 0 Å². The van der Waals surface area contributed by atoms with Gasteiger partial charge in [0, 0.05) is 12.5 Å². The summed E-state index contributed by atoms with van der Waals surface area (Å²) in [6, 6.07) is 0.166. The van der Waals surface area contributed by atoms with Crippen LogP contribution in [0.5, 0.6) is 0 Å². The van der Waals surface area contributed by atoms with E-state index in [1.165, 1.54) is 0 Å². The third kappa shape index (κ3) is 3.67. The molecule has 0 spiro atoms. The highest BCUT2D eigenvalue weighted by Gasteiger charge is 2.14. The number of carbonyl (C=O) groups excluding carboxylic acids is 1. The highest BCUT2D eigenvalue weighted by Crippen LogP contribution is 2.00. The molecule has 3 nitrogen and oxygen atoms in total. The van der Waals surface area contributed by atoms with E-state index in [-0.39, 0.29) is 11.9 Å². The van der Waals surface area contributed by atoms with Crippen LogP contribution in [-0.4, -0.2) is 28.4 Å². The van der Waals surface area contributed by atoms with Gasteiger partial charge < -0.3 is 10.6 Å². The highest BCUT2D eigenvalue weighted by molar-refractivity contribution is 7.80. The lowest BCUT2D eigenvalue weighted by atomic mass is 10.3. The first kappa shape index (κ1) is 11.4. The van der Waals surface area contributed by atoms with Gasteiger partial charge in [0.15, 0.2) is 0 Å². The van der Waals surface area contributed by atoms with Crippen LogP contribution in [0.1, 0.15) is 27.2 Å². The molecule has 0 saturated heterocycles. The van der Waals surface area contributed by atoms with E-state index < -0.39 is 0 Å². The fraction of sp³-hybridized carbons (Fsp3) is 0.750. The van der Waals surface area contributed by atoms with E-state index in [0.29, 0.717) is 18.0 Å². The summed E-state index contributed by atoms with van der Waals surface area (Å²) in [6.07, 6.45) is 0.501. The number of rotatable bonds is 4. The zero-order chi connectivity index (χ0) is 9.72. The lowest BCUT2D eigenvalue weighted by Gasteiger charge is -2.25. The number of thiocarbonyl (C=S) groups is 1. The van der Waals surface area contributed by atoms with E-state index in [2.05, 4.69) is 0 Å². The maximum Gasteiger partial charge on any atom is 0.222 e. The van der Waals surface area contributed by atoms with Crippen molar-refractivity contribution >= 4 is 23.1 Å². The van der Waals surface area contributed by atoms with Crippen molar-refractivity contribution in [1.29, 1.82) is 0 Å². The van der Waals surface area contributed by atoms with Crippen LogP contribution in [0.3, 0.4) is 0 Å². The standard InChI is InChI=1S/C8H16N2OS/c1-4-8(11)10(6(2)3)5-7(9)12/h6H,4-5H2,1-3H3,(H2,9,12). The fourth-order valence-corrected chi connectivity index (χ4v) is 1.07. The van der Waals surface area contributed by atoms with E-state index in [4.69, 9.17) is 18.0 Å². The van der Waals surface area contributed by atoms with Gasteiger partial charge in [0.05, 0.1) is 11.5 Å². The van der Waals surface area contributed by atoms with E-state index in [9.17, 15) is 4.79 Å². The van der Waals surface area contributed by atoms with Gasteiger partial charge in [-0.1, -0.05) is 19.1 Å². The Labute approximate surface area is 78.9 Å². The Bertz CT molecular complexity index is 180. The number of carbonyl (C=O) groups is 1. The number of amides is 1. The summed E-state index contributed by atoms with van der Waals surface area (Å²) in [5, 5.41) is 0. The first-order chi connectivity index (χ1) is 5.49. The SMILES string of the molecule is CCC(=O)N(CC(N)=S)C(C)C. The smallest absolute Gasteiger partial charge is 0.222 e. The maximum atomic E-state index is 11.3. The number of nitrogens with two attached hydrogens (primary N) is 1. The highest BCUT2D eigenvalue weighted by atomic mass is 32.1. The van der Waals surface area contributed by atoms with Gasteiger partial charge in [-0.15, -0.1) is 0 Å². The first-order valence-electron chi connectivity index (χ1n) is 4.06. The molecule has 0 aliphatic heterocycles. The molecule has 0 fully saturated rings. The molecule has 0 aliphatic rings. The molecule has 0 rings (SSSR count). The van der Waals surface area contributed by atoms with E-state index in [1.807, 2.05) is 20.8 Å². The van der Waals surface area contributed by atoms with Crippen molar-refractivity contribution in [3.05, 3.63) is 0 Å². The maximum absolute atomic E-state index is 11.3. The molecule has 0 aromatic heterocycles. The Morgan fingerprint density at radius 1 is 1.58 bits per heavy atom. The molecule has 70 valence electrons. The molecule has 4 heteroatoms. The molecule has 0 aliphatic carbocycles. The van der Waals surface area contributed by atoms with Gasteiger partial charge in [0.1, 0.15) is 0 Å². The Morgan fingerprint density at radius 3 is 2.33 bits per heavy atom. The molecule has 0 aromatic rings. The van der Waals surface area contributed by atoms with Crippen LogP contribution in [-0.2, 0) is 4.79 Å². The van der Waals surface area contributed by atoms with Crippen molar-refractivity contribution < 1.29 is 4.79 Å². The Balaban J connectivity index is 4.23. The molecular formula is C8H16N2OS. The van der Waals surface area contributed by atoms with Crippen LogP contribution in [0.4, 0.5) is 0 Å². The first-order valence-corrected chi connectivity index (χ1v) is 4.47. The van der Waals surface area contributed by atoms with E-state index in [0.717, 1.165) is 0 Å². The molecule has 1 amide bonds. The van der Waals surface area contributed by atoms with E-state index >= 15 is 0 Å². The van der Waals surface area contributed by atoms with Gasteiger partial charge in [-0.25, -0.2) is 0 Å². The van der Waals surface area contributed by atoms with Crippen LogP contribution in [0, 0.1) is 0 Å². The van der Waals surface area contributed by atoms with Crippen molar-refractivity contribution in [2.45, 2.75) is 33.2 Å². The van der Waals surface area contributed by atoms with Crippen LogP contribution < -0.4 is 5.73 Å². The summed E-state index contributed by atoms with van der Waals surface area (Å²) in [7, 11) is 0. The van der Waals surface area contributed by atoms with Crippen LogP contribution >= 0.6 is 12.2 Å². The normalized spacial score (nSPS) is 10.0. The topological polar surface area (TPSA) is 46.3 Å². The second kappa shape index (κ2) is 5.09.